The lowest BCUT2D eigenvalue weighted by Gasteiger charge is -2.38. The monoisotopic (exact) mass is 422 g/mol. The molecule has 0 aliphatic carbocycles. The molecule has 1 spiro atoms. The Morgan fingerprint density at radius 1 is 1.33 bits per heavy atom. The minimum absolute atomic E-state index is 0.0821. The Morgan fingerprint density at radius 3 is 2.63 bits per heavy atom. The fourth-order valence-electron chi connectivity index (χ4n) is 5.55. The first-order valence-electron chi connectivity index (χ1n) is 11.0. The highest BCUT2D eigenvalue weighted by Crippen LogP contribution is 2.58. The number of aliphatic hydroxyl groups excluding tert-OH is 1. The second-order valence-corrected chi connectivity index (χ2v) is 8.94. The molecule has 8 heteroatoms. The number of hydrogen-bond acceptors (Lipinski definition) is 5. The third-order valence-corrected chi connectivity index (χ3v) is 6.86. The van der Waals surface area contributed by atoms with Crippen LogP contribution < -0.4 is 0 Å². The summed E-state index contributed by atoms with van der Waals surface area (Å²) in [6.07, 6.45) is 5.30. The van der Waals surface area contributed by atoms with Crippen LogP contribution in [0.2, 0.25) is 0 Å². The third-order valence-electron chi connectivity index (χ3n) is 6.86. The van der Waals surface area contributed by atoms with Crippen molar-refractivity contribution in [3.63, 3.8) is 0 Å². The van der Waals surface area contributed by atoms with Gasteiger partial charge in [-0.25, -0.2) is 0 Å². The van der Waals surface area contributed by atoms with Gasteiger partial charge in [0.1, 0.15) is 11.6 Å². The summed E-state index contributed by atoms with van der Waals surface area (Å²) in [4.78, 5) is 42.3. The van der Waals surface area contributed by atoms with Crippen LogP contribution in [-0.4, -0.2) is 81.3 Å². The lowest BCUT2D eigenvalue weighted by molar-refractivity contribution is -0.151. The molecule has 168 valence electrons. The number of carboxylic acids is 1. The van der Waals surface area contributed by atoms with E-state index in [0.717, 1.165) is 12.8 Å². The molecule has 30 heavy (non-hydrogen) atoms. The lowest BCUT2D eigenvalue weighted by atomic mass is 9.70. The summed E-state index contributed by atoms with van der Waals surface area (Å²) in [6.45, 7) is 8.46. The second-order valence-electron chi connectivity index (χ2n) is 8.94. The number of nitrogens with zero attached hydrogens (tertiary/aromatic N) is 2. The van der Waals surface area contributed by atoms with E-state index in [4.69, 9.17) is 9.84 Å². The Hall–Kier alpha value is -1.93. The van der Waals surface area contributed by atoms with Crippen LogP contribution in [0.3, 0.4) is 0 Å². The van der Waals surface area contributed by atoms with Crippen LogP contribution in [0.15, 0.2) is 12.7 Å². The summed E-state index contributed by atoms with van der Waals surface area (Å²) >= 11 is 0. The molecule has 3 aliphatic heterocycles. The molecule has 2 bridgehead atoms. The maximum absolute atomic E-state index is 13.7. The number of amides is 2. The van der Waals surface area contributed by atoms with Crippen molar-refractivity contribution in [2.24, 2.45) is 11.8 Å². The highest BCUT2D eigenvalue weighted by molar-refractivity contribution is 5.98. The van der Waals surface area contributed by atoms with Gasteiger partial charge in [-0.15, -0.1) is 6.58 Å². The Kier molecular flexibility index (Phi) is 6.87. The van der Waals surface area contributed by atoms with Gasteiger partial charge in [0.25, 0.3) is 0 Å². The molecule has 0 radical (unpaired) electrons. The van der Waals surface area contributed by atoms with Crippen molar-refractivity contribution in [1.82, 2.24) is 9.80 Å². The van der Waals surface area contributed by atoms with Crippen molar-refractivity contribution in [2.45, 2.75) is 76.2 Å². The number of rotatable bonds is 11. The van der Waals surface area contributed by atoms with Gasteiger partial charge in [0.05, 0.1) is 17.9 Å². The van der Waals surface area contributed by atoms with Crippen LogP contribution in [0, 0.1) is 11.8 Å². The van der Waals surface area contributed by atoms with E-state index in [1.807, 2.05) is 13.8 Å². The van der Waals surface area contributed by atoms with Crippen LogP contribution in [0.25, 0.3) is 0 Å². The molecular formula is C22H34N2O6. The zero-order chi connectivity index (χ0) is 22.1. The first-order chi connectivity index (χ1) is 14.3. The summed E-state index contributed by atoms with van der Waals surface area (Å²) in [5, 5.41) is 18.7. The molecule has 0 aromatic carbocycles. The number of fused-ring (bicyclic) bond motifs is 1. The molecule has 3 heterocycles. The molecule has 2 amide bonds. The molecule has 2 N–H and O–H groups in total. The number of carbonyl (C=O) groups excluding carboxylic acids is 2. The summed E-state index contributed by atoms with van der Waals surface area (Å²) in [6, 6.07) is -0.883. The average molecular weight is 423 g/mol. The molecule has 5 atom stereocenters. The molecule has 3 aliphatic rings. The van der Waals surface area contributed by atoms with Gasteiger partial charge < -0.3 is 24.7 Å². The van der Waals surface area contributed by atoms with E-state index in [0.29, 0.717) is 38.8 Å². The molecule has 0 aromatic rings. The maximum Gasteiger partial charge on any atom is 0.310 e. The summed E-state index contributed by atoms with van der Waals surface area (Å²) < 4.78 is 6.20. The van der Waals surface area contributed by atoms with Crippen molar-refractivity contribution < 1.29 is 29.3 Å². The van der Waals surface area contributed by atoms with E-state index in [9.17, 15) is 19.5 Å². The number of likely N-dealkylation sites (tertiary alicyclic amines) is 1. The van der Waals surface area contributed by atoms with E-state index < -0.39 is 35.6 Å². The fraction of sp³-hybridized carbons (Fsp3) is 0.773. The molecule has 0 aromatic heterocycles. The van der Waals surface area contributed by atoms with Crippen LogP contribution in [0.4, 0.5) is 0 Å². The van der Waals surface area contributed by atoms with Gasteiger partial charge in [0.2, 0.25) is 11.8 Å². The van der Waals surface area contributed by atoms with Gasteiger partial charge in [-0.2, -0.15) is 0 Å². The largest absolute Gasteiger partial charge is 0.481 e. The predicted octanol–water partition coefficient (Wildman–Crippen LogP) is 1.42. The topological polar surface area (TPSA) is 107 Å². The van der Waals surface area contributed by atoms with Gasteiger partial charge in [-0.1, -0.05) is 18.9 Å². The van der Waals surface area contributed by atoms with Crippen LogP contribution >= 0.6 is 0 Å². The van der Waals surface area contributed by atoms with Gasteiger partial charge in [0.15, 0.2) is 0 Å². The number of ether oxygens (including phenoxy) is 1. The highest BCUT2D eigenvalue weighted by atomic mass is 16.5. The Morgan fingerprint density at radius 2 is 2.03 bits per heavy atom. The minimum atomic E-state index is -1.05. The smallest absolute Gasteiger partial charge is 0.310 e. The molecular weight excluding hydrogens is 388 g/mol. The fourth-order valence-corrected chi connectivity index (χ4v) is 5.55. The number of unbranched alkanes of at least 4 members (excludes halogenated alkanes) is 3. The molecule has 3 saturated heterocycles. The Labute approximate surface area is 177 Å². The van der Waals surface area contributed by atoms with Gasteiger partial charge >= 0.3 is 5.97 Å². The van der Waals surface area contributed by atoms with E-state index in [-0.39, 0.29) is 24.5 Å². The number of carboxylic acid groups (broad SMARTS) is 1. The number of hydrogen-bond donors (Lipinski definition) is 2. The summed E-state index contributed by atoms with van der Waals surface area (Å²) in [5.74, 6) is -3.19. The molecule has 3 rings (SSSR count). The van der Waals surface area contributed by atoms with Crippen molar-refractivity contribution in [3.05, 3.63) is 12.7 Å². The Balaban J connectivity index is 1.92. The molecule has 0 saturated carbocycles. The van der Waals surface area contributed by atoms with Crippen LogP contribution in [-0.2, 0) is 19.1 Å². The Bertz CT molecular complexity index is 695. The SMILES string of the molecule is C=CCN(C(=O)[C@H]1N(CCCCCCO)C(=O)[C@@H]2[C@@H](C(=O)O)[C@H]3CC[C@]21O3)C(C)C. The summed E-state index contributed by atoms with van der Waals surface area (Å²) in [7, 11) is 0. The first kappa shape index (κ1) is 22.7. The van der Waals surface area contributed by atoms with Gasteiger partial charge in [-0.05, 0) is 39.5 Å². The highest BCUT2D eigenvalue weighted by Gasteiger charge is 2.74. The van der Waals surface area contributed by atoms with Crippen molar-refractivity contribution in [1.29, 1.82) is 0 Å². The normalized spacial score (nSPS) is 32.0. The van der Waals surface area contributed by atoms with E-state index in [1.54, 1.807) is 15.9 Å². The first-order valence-corrected chi connectivity index (χ1v) is 11.0. The summed E-state index contributed by atoms with van der Waals surface area (Å²) in [5.41, 5.74) is -1.05. The van der Waals surface area contributed by atoms with E-state index in [2.05, 4.69) is 6.58 Å². The number of carbonyl (C=O) groups is 3. The maximum atomic E-state index is 13.7. The van der Waals surface area contributed by atoms with Crippen molar-refractivity contribution in [2.75, 3.05) is 19.7 Å². The zero-order valence-electron chi connectivity index (χ0n) is 18.0. The predicted molar refractivity (Wildman–Crippen MR) is 110 cm³/mol. The van der Waals surface area contributed by atoms with Crippen LogP contribution in [0.1, 0.15) is 52.4 Å². The minimum Gasteiger partial charge on any atom is -0.481 e. The van der Waals surface area contributed by atoms with E-state index >= 15 is 0 Å². The molecule has 3 fully saturated rings. The molecule has 0 unspecified atom stereocenters. The van der Waals surface area contributed by atoms with Gasteiger partial charge in [-0.3, -0.25) is 14.4 Å². The standard InChI is InChI=1S/C22H34N2O6/c1-4-11-23(14(2)3)20(27)18-22-10-9-15(30-22)16(21(28)29)17(22)19(26)24(18)12-7-5-6-8-13-25/h4,14-18,25H,1,5-13H2,2-3H3,(H,28,29)/t15-,16+,17+,18-,22+/m1/s1. The number of aliphatic carboxylic acids is 1. The zero-order valence-corrected chi connectivity index (χ0v) is 18.0. The average Bonchev–Trinajstić information content (AvgIpc) is 3.33. The molecule has 8 nitrogen and oxygen atoms in total. The second kappa shape index (κ2) is 9.06. The van der Waals surface area contributed by atoms with E-state index in [1.165, 1.54) is 0 Å². The van der Waals surface area contributed by atoms with Crippen LogP contribution in [0.5, 0.6) is 0 Å². The van der Waals surface area contributed by atoms with Crippen molar-refractivity contribution >= 4 is 17.8 Å². The van der Waals surface area contributed by atoms with Crippen molar-refractivity contribution in [3.8, 4) is 0 Å². The third kappa shape index (κ3) is 3.64. The number of aliphatic hydroxyl groups is 1. The van der Waals surface area contributed by atoms with Gasteiger partial charge in [0, 0.05) is 25.7 Å². The quantitative estimate of drug-likeness (QED) is 0.385. The lowest BCUT2D eigenvalue weighted by Crippen LogP contribution is -2.57.